The number of benzene rings is 3. The molecule has 0 fully saturated rings. The van der Waals surface area contributed by atoms with Crippen LogP contribution in [0.15, 0.2) is 81.7 Å². The van der Waals surface area contributed by atoms with Gasteiger partial charge in [0.1, 0.15) is 12.4 Å². The summed E-state index contributed by atoms with van der Waals surface area (Å²) in [5, 5.41) is 1.18. The minimum absolute atomic E-state index is 0.0136. The molecule has 5 rings (SSSR count). The number of esters is 1. The van der Waals surface area contributed by atoms with Gasteiger partial charge in [-0.2, -0.15) is 13.2 Å². The molecular weight excluding hydrogens is 683 g/mol. The van der Waals surface area contributed by atoms with Crippen LogP contribution in [0.2, 0.25) is 20.1 Å². The van der Waals surface area contributed by atoms with Gasteiger partial charge in [-0.05, 0) is 60.5 Å². The van der Waals surface area contributed by atoms with E-state index in [-0.39, 0.29) is 43.9 Å². The summed E-state index contributed by atoms with van der Waals surface area (Å²) in [4.78, 5) is 30.4. The van der Waals surface area contributed by atoms with Gasteiger partial charge in [0.25, 0.3) is 5.56 Å². The van der Waals surface area contributed by atoms with Crippen LogP contribution in [0.5, 0.6) is 5.75 Å². The molecule has 1 aliphatic rings. The minimum atomic E-state index is -5.04. The largest absolute Gasteiger partial charge is 0.487 e. The number of nitrogens with zero attached hydrogens (tertiary/aromatic N) is 2. The Kier molecular flexibility index (Phi) is 9.48. The van der Waals surface area contributed by atoms with E-state index in [1.165, 1.54) is 49.4 Å². The number of hydrogen-bond acceptors (Lipinski definition) is 6. The first-order chi connectivity index (χ1) is 20.9. The summed E-state index contributed by atoms with van der Waals surface area (Å²) in [6.07, 6.45) is -3.64. The quantitative estimate of drug-likeness (QED) is 0.187. The molecular formula is C30H19Cl4F3N2O4S. The van der Waals surface area contributed by atoms with E-state index in [9.17, 15) is 22.8 Å². The van der Waals surface area contributed by atoms with Crippen LogP contribution in [0.3, 0.4) is 0 Å². The molecule has 1 aromatic heterocycles. The highest BCUT2D eigenvalue weighted by Crippen LogP contribution is 2.39. The van der Waals surface area contributed by atoms with Gasteiger partial charge in [0.05, 0.1) is 27.8 Å². The van der Waals surface area contributed by atoms with Gasteiger partial charge in [0.2, 0.25) is 0 Å². The van der Waals surface area contributed by atoms with Crippen molar-refractivity contribution in [2.24, 2.45) is 4.99 Å². The first kappa shape index (κ1) is 32.1. The third-order valence-electron chi connectivity index (χ3n) is 6.38. The zero-order valence-electron chi connectivity index (χ0n) is 22.4. The summed E-state index contributed by atoms with van der Waals surface area (Å²) in [6.45, 7) is 1.33. The van der Waals surface area contributed by atoms with Crippen molar-refractivity contribution in [1.29, 1.82) is 0 Å². The van der Waals surface area contributed by atoms with Gasteiger partial charge in [0, 0.05) is 20.6 Å². The number of hydrogen-bond donors (Lipinski definition) is 0. The first-order valence-electron chi connectivity index (χ1n) is 12.8. The van der Waals surface area contributed by atoms with Crippen LogP contribution in [0.25, 0.3) is 6.08 Å². The summed E-state index contributed by atoms with van der Waals surface area (Å²) < 4.78 is 55.1. The molecule has 4 aromatic rings. The predicted molar refractivity (Wildman–Crippen MR) is 164 cm³/mol. The lowest BCUT2D eigenvalue weighted by Crippen LogP contribution is -2.41. The maximum absolute atomic E-state index is 14.4. The number of fused-ring (bicyclic) bond motifs is 1. The Balaban J connectivity index is 1.71. The molecule has 3 aromatic carbocycles. The zero-order chi connectivity index (χ0) is 31.8. The molecule has 0 saturated carbocycles. The molecule has 0 aliphatic carbocycles. The molecule has 2 heterocycles. The Bertz CT molecular complexity index is 1970. The van der Waals surface area contributed by atoms with Crippen LogP contribution in [-0.4, -0.2) is 23.3 Å². The van der Waals surface area contributed by atoms with E-state index < -0.39 is 35.0 Å². The smallest absolute Gasteiger partial charge is 0.434 e. The highest BCUT2D eigenvalue weighted by molar-refractivity contribution is 7.07. The molecule has 0 radical (unpaired) electrons. The van der Waals surface area contributed by atoms with Gasteiger partial charge in [-0.25, -0.2) is 9.79 Å². The van der Waals surface area contributed by atoms with E-state index in [4.69, 9.17) is 55.9 Å². The number of halogens is 7. The van der Waals surface area contributed by atoms with Crippen molar-refractivity contribution in [3.63, 3.8) is 0 Å². The van der Waals surface area contributed by atoms with Crippen molar-refractivity contribution in [2.75, 3.05) is 6.61 Å². The SMILES string of the molecule is CCOC(=O)C1=C(C(F)(F)F)N=c2s/c(=C\c3cc(Cl)cc(Cl)c3OCc3cccc(Cl)c3)c(=O)n2[C@H]1c1ccc(Cl)cc1. The number of carbonyl (C=O) groups excluding carboxylic acids is 1. The van der Waals surface area contributed by atoms with Crippen molar-refractivity contribution in [2.45, 2.75) is 25.7 Å². The van der Waals surface area contributed by atoms with Crippen molar-refractivity contribution in [3.05, 3.63) is 128 Å². The van der Waals surface area contributed by atoms with E-state index in [0.717, 1.165) is 10.1 Å². The second-order valence-corrected chi connectivity index (χ2v) is 12.1. The van der Waals surface area contributed by atoms with Crippen molar-refractivity contribution in [3.8, 4) is 5.75 Å². The second kappa shape index (κ2) is 13.0. The first-order valence-corrected chi connectivity index (χ1v) is 15.1. The zero-order valence-corrected chi connectivity index (χ0v) is 26.3. The van der Waals surface area contributed by atoms with E-state index in [0.29, 0.717) is 26.9 Å². The third kappa shape index (κ3) is 6.69. The maximum Gasteiger partial charge on any atom is 0.434 e. The molecule has 1 atom stereocenters. The van der Waals surface area contributed by atoms with Crippen molar-refractivity contribution < 1.29 is 27.4 Å². The number of thiazole rings is 1. The highest BCUT2D eigenvalue weighted by Gasteiger charge is 2.45. The fourth-order valence-electron chi connectivity index (χ4n) is 4.56. The summed E-state index contributed by atoms with van der Waals surface area (Å²) >= 11 is 25.5. The maximum atomic E-state index is 14.4. The van der Waals surface area contributed by atoms with Crippen LogP contribution >= 0.6 is 57.7 Å². The number of alkyl halides is 3. The highest BCUT2D eigenvalue weighted by atomic mass is 35.5. The fourth-order valence-corrected chi connectivity index (χ4v) is 6.46. The number of carbonyl (C=O) groups is 1. The molecule has 228 valence electrons. The van der Waals surface area contributed by atoms with Crippen LogP contribution in [-0.2, 0) is 16.1 Å². The van der Waals surface area contributed by atoms with Gasteiger partial charge in [0.15, 0.2) is 10.5 Å². The molecule has 0 spiro atoms. The summed E-state index contributed by atoms with van der Waals surface area (Å²) in [5.74, 6) is -1.07. The average molecular weight is 702 g/mol. The third-order valence-corrected chi connectivity index (χ3v) is 8.35. The summed E-state index contributed by atoms with van der Waals surface area (Å²) in [5.41, 5.74) is -1.77. The molecule has 44 heavy (non-hydrogen) atoms. The van der Waals surface area contributed by atoms with E-state index in [2.05, 4.69) is 4.99 Å². The predicted octanol–water partition coefficient (Wildman–Crippen LogP) is 7.53. The molecule has 0 saturated heterocycles. The van der Waals surface area contributed by atoms with Crippen LogP contribution < -0.4 is 19.6 Å². The lowest BCUT2D eigenvalue weighted by Gasteiger charge is -2.26. The molecule has 0 amide bonds. The fraction of sp³-hybridized carbons (Fsp3) is 0.167. The van der Waals surface area contributed by atoms with E-state index in [1.807, 2.05) is 0 Å². The molecule has 0 unspecified atom stereocenters. The minimum Gasteiger partial charge on any atom is -0.487 e. The number of rotatable bonds is 7. The van der Waals surface area contributed by atoms with Crippen molar-refractivity contribution in [1.82, 2.24) is 4.57 Å². The Morgan fingerprint density at radius 2 is 1.75 bits per heavy atom. The van der Waals surface area contributed by atoms with Crippen LogP contribution in [0.1, 0.15) is 29.7 Å². The van der Waals surface area contributed by atoms with Crippen LogP contribution in [0, 0.1) is 0 Å². The molecule has 0 bridgehead atoms. The molecule has 6 nitrogen and oxygen atoms in total. The number of allylic oxidation sites excluding steroid dienone is 1. The lowest BCUT2D eigenvalue weighted by molar-refractivity contribution is -0.140. The summed E-state index contributed by atoms with van der Waals surface area (Å²) in [7, 11) is 0. The van der Waals surface area contributed by atoms with Crippen LogP contribution in [0.4, 0.5) is 13.2 Å². The Morgan fingerprint density at radius 3 is 2.41 bits per heavy atom. The molecule has 1 aliphatic heterocycles. The number of aromatic nitrogens is 1. The average Bonchev–Trinajstić information content (AvgIpc) is 3.26. The second-order valence-electron chi connectivity index (χ2n) is 9.34. The lowest BCUT2D eigenvalue weighted by atomic mass is 9.95. The normalized spacial score (nSPS) is 15.2. The van der Waals surface area contributed by atoms with E-state index >= 15 is 0 Å². The topological polar surface area (TPSA) is 69.9 Å². The molecule has 14 heteroatoms. The Hall–Kier alpha value is -3.28. The Labute approximate surface area is 272 Å². The number of ether oxygens (including phenoxy) is 2. The van der Waals surface area contributed by atoms with Gasteiger partial charge in [-0.15, -0.1) is 0 Å². The van der Waals surface area contributed by atoms with Gasteiger partial charge in [-0.1, -0.05) is 82.0 Å². The van der Waals surface area contributed by atoms with Gasteiger partial charge in [-0.3, -0.25) is 9.36 Å². The van der Waals surface area contributed by atoms with Gasteiger partial charge < -0.3 is 9.47 Å². The Morgan fingerprint density at radius 1 is 1.02 bits per heavy atom. The van der Waals surface area contributed by atoms with E-state index in [1.54, 1.807) is 24.3 Å². The van der Waals surface area contributed by atoms with Crippen molar-refractivity contribution >= 4 is 69.8 Å². The molecule has 0 N–H and O–H groups in total. The monoisotopic (exact) mass is 700 g/mol. The summed E-state index contributed by atoms with van der Waals surface area (Å²) in [6, 6.07) is 14.2. The van der Waals surface area contributed by atoms with Gasteiger partial charge >= 0.3 is 12.1 Å². The standard InChI is InChI=1S/C30H19Cl4F3N2O4S/c1-2-42-28(41)23-24(16-6-8-18(31)9-7-16)39-27(40)22(44-29(39)38-26(23)30(35,36)37)12-17-11-20(33)13-21(34)25(17)43-14-15-4-3-5-19(32)10-15/h3-13,24H,2,14H2,1H3/b22-12-/t24-/m0/s1.